The molecule has 69 heavy (non-hydrogen) atoms. The minimum Gasteiger partial charge on any atom is -0.309 e. The molecule has 3 aromatic heterocycles. The van der Waals surface area contributed by atoms with Gasteiger partial charge in [-0.3, -0.25) is 0 Å². The van der Waals surface area contributed by atoms with E-state index >= 15 is 0 Å². The topological polar surface area (TPSA) is 48.5 Å². The summed E-state index contributed by atoms with van der Waals surface area (Å²) in [7, 11) is 0. The van der Waals surface area contributed by atoms with E-state index in [4.69, 9.17) is 15.0 Å². The van der Waals surface area contributed by atoms with Crippen LogP contribution < -0.4 is 0 Å². The zero-order chi connectivity index (χ0) is 45.4. The van der Waals surface area contributed by atoms with Gasteiger partial charge in [-0.25, -0.2) is 15.0 Å². The lowest BCUT2D eigenvalue weighted by molar-refractivity contribution is 1.07. The second-order valence-electron chi connectivity index (χ2n) is 17.6. The molecule has 1 aliphatic heterocycles. The number of rotatable bonds is 7. The molecule has 0 atom stereocenters. The number of nitrogens with zero attached hydrogens (tertiary/aromatic N) is 5. The van der Waals surface area contributed by atoms with E-state index in [9.17, 15) is 0 Å². The Bertz CT molecular complexity index is 4100. The van der Waals surface area contributed by atoms with E-state index in [0.717, 1.165) is 44.6 Å². The van der Waals surface area contributed by atoms with Crippen molar-refractivity contribution in [3.8, 4) is 78.9 Å². The van der Waals surface area contributed by atoms with Gasteiger partial charge in [-0.1, -0.05) is 188 Å². The van der Waals surface area contributed by atoms with Gasteiger partial charge in [0, 0.05) is 53.7 Å². The molecule has 1 aliphatic rings. The van der Waals surface area contributed by atoms with Crippen molar-refractivity contribution in [1.29, 1.82) is 0 Å². The van der Waals surface area contributed by atoms with E-state index in [1.54, 1.807) is 0 Å². The van der Waals surface area contributed by atoms with E-state index in [0.29, 0.717) is 17.5 Å². The van der Waals surface area contributed by atoms with Gasteiger partial charge in [0.05, 0.1) is 27.8 Å². The van der Waals surface area contributed by atoms with Gasteiger partial charge < -0.3 is 9.13 Å². The first kappa shape index (κ1) is 39.3. The van der Waals surface area contributed by atoms with Crippen LogP contribution in [0.2, 0.25) is 0 Å². The van der Waals surface area contributed by atoms with E-state index in [1.807, 2.05) is 72.4 Å². The van der Waals surface area contributed by atoms with Crippen molar-refractivity contribution >= 4 is 55.4 Å². The number of para-hydroxylation sites is 2. The Morgan fingerprint density at radius 1 is 0.290 bits per heavy atom. The quantitative estimate of drug-likeness (QED) is 0.160. The number of benzene rings is 10. The van der Waals surface area contributed by atoms with Gasteiger partial charge >= 0.3 is 0 Å². The van der Waals surface area contributed by atoms with Crippen molar-refractivity contribution in [2.75, 3.05) is 0 Å². The lowest BCUT2D eigenvalue weighted by atomic mass is 9.97. The molecule has 5 nitrogen and oxygen atoms in total. The molecule has 14 rings (SSSR count). The molecule has 0 saturated carbocycles. The van der Waals surface area contributed by atoms with Crippen molar-refractivity contribution in [3.63, 3.8) is 0 Å². The lowest BCUT2D eigenvalue weighted by Gasteiger charge is -2.20. The van der Waals surface area contributed by atoms with Crippen molar-refractivity contribution in [3.05, 3.63) is 237 Å². The summed E-state index contributed by atoms with van der Waals surface area (Å²) >= 11 is 1.87. The molecule has 0 N–H and O–H groups in total. The maximum Gasteiger partial charge on any atom is 0.164 e. The summed E-state index contributed by atoms with van der Waals surface area (Å²) in [5.41, 5.74) is 16.9. The van der Waals surface area contributed by atoms with Crippen LogP contribution >= 0.6 is 11.8 Å². The number of hydrogen-bond acceptors (Lipinski definition) is 4. The van der Waals surface area contributed by atoms with Crippen molar-refractivity contribution < 1.29 is 0 Å². The van der Waals surface area contributed by atoms with Crippen molar-refractivity contribution in [1.82, 2.24) is 24.1 Å². The van der Waals surface area contributed by atoms with Crippen LogP contribution in [0.5, 0.6) is 0 Å². The Labute approximate surface area is 402 Å². The molecule has 4 heterocycles. The van der Waals surface area contributed by atoms with Crippen LogP contribution in [0.3, 0.4) is 0 Å². The van der Waals surface area contributed by atoms with Crippen LogP contribution in [0.1, 0.15) is 0 Å². The normalized spacial score (nSPS) is 12.0. The maximum absolute atomic E-state index is 5.03. The number of aromatic nitrogens is 5. The molecule has 6 heteroatoms. The summed E-state index contributed by atoms with van der Waals surface area (Å²) in [6.07, 6.45) is 0. The van der Waals surface area contributed by atoms with Gasteiger partial charge in [-0.05, 0) is 94.0 Å². The second kappa shape index (κ2) is 15.9. The molecule has 10 aromatic carbocycles. The van der Waals surface area contributed by atoms with Gasteiger partial charge in [-0.2, -0.15) is 0 Å². The highest BCUT2D eigenvalue weighted by Crippen LogP contribution is 2.51. The highest BCUT2D eigenvalue weighted by Gasteiger charge is 2.28. The number of fused-ring (bicyclic) bond motifs is 9. The predicted molar refractivity (Wildman–Crippen MR) is 285 cm³/mol. The molecule has 0 bridgehead atoms. The van der Waals surface area contributed by atoms with E-state index < -0.39 is 0 Å². The highest BCUT2D eigenvalue weighted by atomic mass is 32.2. The molecule has 0 saturated heterocycles. The van der Waals surface area contributed by atoms with Crippen molar-refractivity contribution in [2.24, 2.45) is 0 Å². The summed E-state index contributed by atoms with van der Waals surface area (Å²) in [6, 6.07) is 84.6. The largest absolute Gasteiger partial charge is 0.309 e. The Morgan fingerprint density at radius 2 is 0.797 bits per heavy atom. The molecule has 0 spiro atoms. The standard InChI is InChI=1S/C63H39N5S/c1-4-17-40(18-5-1)47-33-34-53-51(38-47)58-55(39-57-60-59(58)50-29-10-11-30-52(50)68(60)54-31-12-13-32-56(54)69-57)67(53)49-28-16-26-46(37-49)44-24-14-23-43(35-44)45-25-15-27-48(36-45)63-65-61(41-19-6-2-7-20-41)64-62(66-63)42-21-8-3-9-22-42/h1-39H. The minimum absolute atomic E-state index is 0.633. The second-order valence-corrected chi connectivity index (χ2v) is 18.7. The maximum atomic E-state index is 5.03. The highest BCUT2D eigenvalue weighted by molar-refractivity contribution is 7.99. The zero-order valence-electron chi connectivity index (χ0n) is 37.2. The van der Waals surface area contributed by atoms with E-state index in [-0.39, 0.29) is 0 Å². The fraction of sp³-hybridized carbons (Fsp3) is 0. The Morgan fingerprint density at radius 3 is 1.49 bits per heavy atom. The summed E-state index contributed by atoms with van der Waals surface area (Å²) in [4.78, 5) is 17.5. The van der Waals surface area contributed by atoms with Gasteiger partial charge in [0.15, 0.2) is 17.5 Å². The zero-order valence-corrected chi connectivity index (χ0v) is 38.0. The first-order chi connectivity index (χ1) is 34.2. The fourth-order valence-corrected chi connectivity index (χ4v) is 11.5. The Kier molecular flexibility index (Phi) is 9.07. The lowest BCUT2D eigenvalue weighted by Crippen LogP contribution is -2.01. The molecular weight excluding hydrogens is 859 g/mol. The third-order valence-corrected chi connectivity index (χ3v) is 14.6. The molecule has 0 radical (unpaired) electrons. The Balaban J connectivity index is 0.917. The molecule has 13 aromatic rings. The van der Waals surface area contributed by atoms with Gasteiger partial charge in [-0.15, -0.1) is 0 Å². The smallest absolute Gasteiger partial charge is 0.164 e. The molecule has 322 valence electrons. The average molecular weight is 898 g/mol. The Hall–Kier alpha value is -8.84. The third-order valence-electron chi connectivity index (χ3n) is 13.5. The van der Waals surface area contributed by atoms with Crippen LogP contribution in [0.4, 0.5) is 0 Å². The molecule has 0 unspecified atom stereocenters. The van der Waals surface area contributed by atoms with Crippen LogP contribution in [0.15, 0.2) is 246 Å². The SMILES string of the molecule is c1ccc(-c2ccc3c(c2)c2c4c5ccccc5n5c4c(cc2n3-c2cccc(-c3cccc(-c4cccc(-c6nc(-c7ccccc7)nc(-c7ccccc7)n6)c4)c3)c2)Sc2ccccc2-5)cc1. The van der Waals surface area contributed by atoms with Gasteiger partial charge in [0.2, 0.25) is 0 Å². The summed E-state index contributed by atoms with van der Waals surface area (Å²) in [5, 5.41) is 5.07. The molecule has 0 amide bonds. The van der Waals surface area contributed by atoms with Crippen molar-refractivity contribution in [2.45, 2.75) is 9.79 Å². The predicted octanol–water partition coefficient (Wildman–Crippen LogP) is 16.5. The minimum atomic E-state index is 0.633. The summed E-state index contributed by atoms with van der Waals surface area (Å²) in [6.45, 7) is 0. The van der Waals surface area contributed by atoms with Crippen LogP contribution in [0, 0.1) is 0 Å². The number of hydrogen-bond donors (Lipinski definition) is 0. The van der Waals surface area contributed by atoms with Crippen LogP contribution in [-0.2, 0) is 0 Å². The van der Waals surface area contributed by atoms with E-state index in [1.165, 1.54) is 70.2 Å². The van der Waals surface area contributed by atoms with Gasteiger partial charge in [0.1, 0.15) is 0 Å². The molecule has 0 fully saturated rings. The fourth-order valence-electron chi connectivity index (χ4n) is 10.4. The van der Waals surface area contributed by atoms with E-state index in [2.05, 4.69) is 185 Å². The molecular formula is C63H39N5S. The monoisotopic (exact) mass is 897 g/mol. The average Bonchev–Trinajstić information content (AvgIpc) is 3.95. The summed E-state index contributed by atoms with van der Waals surface area (Å²) in [5.74, 6) is 1.92. The first-order valence-electron chi connectivity index (χ1n) is 23.3. The molecule has 0 aliphatic carbocycles. The first-order valence-corrected chi connectivity index (χ1v) is 24.1. The third kappa shape index (κ3) is 6.52. The summed E-state index contributed by atoms with van der Waals surface area (Å²) < 4.78 is 4.98. The van der Waals surface area contributed by atoms with Crippen LogP contribution in [-0.4, -0.2) is 24.1 Å². The van der Waals surface area contributed by atoms with Gasteiger partial charge in [0.25, 0.3) is 0 Å². The van der Waals surface area contributed by atoms with Crippen LogP contribution in [0.25, 0.3) is 123 Å².